The van der Waals surface area contributed by atoms with Gasteiger partial charge in [-0.15, -0.1) is 11.6 Å². The zero-order valence-electron chi connectivity index (χ0n) is 8.98. The predicted octanol–water partition coefficient (Wildman–Crippen LogP) is 3.18. The molecular weight excluding hydrogens is 343 g/mol. The van der Waals surface area contributed by atoms with Gasteiger partial charge in [0.05, 0.1) is 5.56 Å². The van der Waals surface area contributed by atoms with Gasteiger partial charge in [0, 0.05) is 15.0 Å². The van der Waals surface area contributed by atoms with Gasteiger partial charge < -0.3 is 5.32 Å². The smallest absolute Gasteiger partial charge is 0.252 e. The lowest BCUT2D eigenvalue weighted by molar-refractivity contribution is 0.0919. The third-order valence-corrected chi connectivity index (χ3v) is 3.52. The first-order chi connectivity index (χ1) is 7.35. The number of alkyl halides is 1. The molecule has 1 aromatic rings. The number of hydrogen-bond donors (Lipinski definition) is 1. The minimum atomic E-state index is -0.476. The number of rotatable bonds is 3. The van der Waals surface area contributed by atoms with Gasteiger partial charge in [0.1, 0.15) is 5.82 Å². The van der Waals surface area contributed by atoms with Gasteiger partial charge in [0.2, 0.25) is 0 Å². The molecule has 0 radical (unpaired) electrons. The first kappa shape index (κ1) is 13.7. The predicted molar refractivity (Wildman–Crippen MR) is 71.4 cm³/mol. The average Bonchev–Trinajstić information content (AvgIpc) is 2.16. The molecule has 2 nitrogen and oxygen atoms in total. The molecule has 0 heterocycles. The summed E-state index contributed by atoms with van der Waals surface area (Å²) in [6.07, 6.45) is 0. The molecular formula is C11H12ClFINO. The first-order valence-electron chi connectivity index (χ1n) is 4.69. The monoisotopic (exact) mass is 355 g/mol. The Kier molecular flexibility index (Phi) is 4.55. The van der Waals surface area contributed by atoms with Crippen LogP contribution in [0.3, 0.4) is 0 Å². The summed E-state index contributed by atoms with van der Waals surface area (Å²) in [5, 5.41) is 2.78. The molecule has 0 aliphatic rings. The van der Waals surface area contributed by atoms with E-state index in [9.17, 15) is 9.18 Å². The van der Waals surface area contributed by atoms with E-state index in [0.717, 1.165) is 0 Å². The van der Waals surface area contributed by atoms with Crippen molar-refractivity contribution < 1.29 is 9.18 Å². The maximum absolute atomic E-state index is 12.9. The van der Waals surface area contributed by atoms with Crippen molar-refractivity contribution in [3.8, 4) is 0 Å². The molecule has 1 aromatic carbocycles. The molecule has 1 N–H and O–H groups in total. The highest BCUT2D eigenvalue weighted by Gasteiger charge is 2.21. The Hall–Kier alpha value is -0.360. The van der Waals surface area contributed by atoms with Crippen molar-refractivity contribution in [2.45, 2.75) is 19.4 Å². The van der Waals surface area contributed by atoms with Crippen LogP contribution >= 0.6 is 34.2 Å². The summed E-state index contributed by atoms with van der Waals surface area (Å²) >= 11 is 7.64. The number of carbonyl (C=O) groups is 1. The second-order valence-electron chi connectivity index (χ2n) is 4.10. The van der Waals surface area contributed by atoms with E-state index in [4.69, 9.17) is 11.6 Å². The van der Waals surface area contributed by atoms with E-state index in [2.05, 4.69) is 5.32 Å². The molecule has 0 unspecified atom stereocenters. The third-order valence-electron chi connectivity index (χ3n) is 1.96. The summed E-state index contributed by atoms with van der Waals surface area (Å²) in [4.78, 5) is 11.9. The van der Waals surface area contributed by atoms with E-state index in [-0.39, 0.29) is 11.7 Å². The number of benzene rings is 1. The van der Waals surface area contributed by atoms with Crippen molar-refractivity contribution in [2.75, 3.05) is 5.88 Å². The largest absolute Gasteiger partial charge is 0.346 e. The van der Waals surface area contributed by atoms with Gasteiger partial charge in [-0.1, -0.05) is 0 Å². The number of carbonyl (C=O) groups excluding carboxylic acids is 1. The number of halogens is 3. The summed E-state index contributed by atoms with van der Waals surface area (Å²) in [5.74, 6) is -0.274. The quantitative estimate of drug-likeness (QED) is 0.655. The van der Waals surface area contributed by atoms with Crippen LogP contribution in [0.15, 0.2) is 18.2 Å². The van der Waals surface area contributed by atoms with Gasteiger partial charge in [-0.25, -0.2) is 4.39 Å². The van der Waals surface area contributed by atoms with Crippen molar-refractivity contribution in [2.24, 2.45) is 0 Å². The topological polar surface area (TPSA) is 29.1 Å². The molecule has 0 aromatic heterocycles. The zero-order valence-corrected chi connectivity index (χ0v) is 11.9. The molecule has 16 heavy (non-hydrogen) atoms. The second-order valence-corrected chi connectivity index (χ2v) is 5.53. The lowest BCUT2D eigenvalue weighted by atomic mass is 10.1. The fourth-order valence-electron chi connectivity index (χ4n) is 1.08. The van der Waals surface area contributed by atoms with E-state index in [1.807, 2.05) is 36.4 Å². The minimum absolute atomic E-state index is 0.241. The molecule has 0 aliphatic carbocycles. The number of amides is 1. The van der Waals surface area contributed by atoms with E-state index in [1.54, 1.807) is 0 Å². The summed E-state index contributed by atoms with van der Waals surface area (Å²) in [6, 6.07) is 4.06. The lowest BCUT2D eigenvalue weighted by Gasteiger charge is -2.23. The van der Waals surface area contributed by atoms with Gasteiger partial charge >= 0.3 is 0 Å². The molecule has 1 rings (SSSR count). The van der Waals surface area contributed by atoms with Gasteiger partial charge in [0.15, 0.2) is 0 Å². The van der Waals surface area contributed by atoms with Crippen molar-refractivity contribution >= 4 is 40.1 Å². The maximum atomic E-state index is 12.9. The molecule has 0 saturated carbocycles. The Morgan fingerprint density at radius 3 is 2.69 bits per heavy atom. The van der Waals surface area contributed by atoms with Gasteiger partial charge in [-0.05, 0) is 54.6 Å². The normalized spacial score (nSPS) is 11.3. The maximum Gasteiger partial charge on any atom is 0.252 e. The third kappa shape index (κ3) is 3.59. The molecule has 1 amide bonds. The Balaban J connectivity index is 2.89. The molecule has 0 aliphatic heterocycles. The summed E-state index contributed by atoms with van der Waals surface area (Å²) < 4.78 is 13.4. The van der Waals surface area contributed by atoms with Gasteiger partial charge in [0.25, 0.3) is 5.91 Å². The first-order valence-corrected chi connectivity index (χ1v) is 6.30. The molecule has 0 saturated heterocycles. The number of nitrogens with one attached hydrogen (secondary N) is 1. The average molecular weight is 356 g/mol. The molecule has 0 atom stereocenters. The fraction of sp³-hybridized carbons (Fsp3) is 0.364. The Labute approximate surface area is 113 Å². The molecule has 0 fully saturated rings. The summed E-state index contributed by atoms with van der Waals surface area (Å²) in [5.41, 5.74) is -0.0176. The van der Waals surface area contributed by atoms with Crippen LogP contribution in [0.25, 0.3) is 0 Å². The van der Waals surface area contributed by atoms with Crippen molar-refractivity contribution in [1.82, 2.24) is 5.32 Å². The summed E-state index contributed by atoms with van der Waals surface area (Å²) in [7, 11) is 0. The van der Waals surface area contributed by atoms with Crippen LogP contribution in [0.1, 0.15) is 24.2 Å². The SMILES string of the molecule is CC(C)(CCl)NC(=O)c1ccc(F)cc1I. The Bertz CT molecular complexity index is 409. The lowest BCUT2D eigenvalue weighted by Crippen LogP contribution is -2.45. The van der Waals surface area contributed by atoms with Crippen molar-refractivity contribution in [3.63, 3.8) is 0 Å². The van der Waals surface area contributed by atoms with E-state index < -0.39 is 5.54 Å². The minimum Gasteiger partial charge on any atom is -0.346 e. The van der Waals surface area contributed by atoms with E-state index in [0.29, 0.717) is 15.0 Å². The van der Waals surface area contributed by atoms with Crippen LogP contribution in [0.4, 0.5) is 4.39 Å². The standard InChI is InChI=1S/C11H12ClFINO/c1-11(2,6-12)15-10(16)8-4-3-7(13)5-9(8)14/h3-5H,6H2,1-2H3,(H,15,16). The fourth-order valence-corrected chi connectivity index (χ4v) is 1.87. The highest BCUT2D eigenvalue weighted by Crippen LogP contribution is 2.15. The van der Waals surface area contributed by atoms with Gasteiger partial charge in [-0.3, -0.25) is 4.79 Å². The van der Waals surface area contributed by atoms with Crippen molar-refractivity contribution in [3.05, 3.63) is 33.1 Å². The summed E-state index contributed by atoms with van der Waals surface area (Å²) in [6.45, 7) is 3.66. The van der Waals surface area contributed by atoms with E-state index >= 15 is 0 Å². The van der Waals surface area contributed by atoms with Crippen LogP contribution in [-0.2, 0) is 0 Å². The molecule has 5 heteroatoms. The van der Waals surface area contributed by atoms with E-state index in [1.165, 1.54) is 18.2 Å². The second kappa shape index (κ2) is 5.31. The molecule has 88 valence electrons. The van der Waals surface area contributed by atoms with Crippen LogP contribution < -0.4 is 5.32 Å². The van der Waals surface area contributed by atoms with Crippen LogP contribution in [0.5, 0.6) is 0 Å². The molecule has 0 spiro atoms. The van der Waals surface area contributed by atoms with Crippen molar-refractivity contribution in [1.29, 1.82) is 0 Å². The Morgan fingerprint density at radius 2 is 2.19 bits per heavy atom. The van der Waals surface area contributed by atoms with Crippen LogP contribution in [0, 0.1) is 9.39 Å². The van der Waals surface area contributed by atoms with Crippen LogP contribution in [-0.4, -0.2) is 17.3 Å². The van der Waals surface area contributed by atoms with Gasteiger partial charge in [-0.2, -0.15) is 0 Å². The Morgan fingerprint density at radius 1 is 1.56 bits per heavy atom. The molecule has 0 bridgehead atoms. The zero-order chi connectivity index (χ0) is 12.3. The van der Waals surface area contributed by atoms with Crippen LogP contribution in [0.2, 0.25) is 0 Å². The number of hydrogen-bond acceptors (Lipinski definition) is 1. The highest BCUT2D eigenvalue weighted by molar-refractivity contribution is 14.1. The highest BCUT2D eigenvalue weighted by atomic mass is 127.